The molecule has 2 unspecified atom stereocenters. The molecule has 2 N–H and O–H groups in total. The third kappa shape index (κ3) is 2.57. The van der Waals surface area contributed by atoms with Crippen LogP contribution in [0.1, 0.15) is 38.1 Å². The SMILES string of the molecule is CC(NC(=O)C1CCCCN1)c1ncon1. The van der Waals surface area contributed by atoms with Gasteiger partial charge in [-0.15, -0.1) is 0 Å². The van der Waals surface area contributed by atoms with Gasteiger partial charge in [-0.05, 0) is 26.3 Å². The number of hydrogen-bond acceptors (Lipinski definition) is 5. The first-order valence-corrected chi connectivity index (χ1v) is 5.57. The normalized spacial score (nSPS) is 22.7. The van der Waals surface area contributed by atoms with Crippen molar-refractivity contribution in [2.75, 3.05) is 6.54 Å². The highest BCUT2D eigenvalue weighted by atomic mass is 16.5. The van der Waals surface area contributed by atoms with Crippen molar-refractivity contribution in [1.82, 2.24) is 20.8 Å². The Morgan fingerprint density at radius 3 is 3.19 bits per heavy atom. The van der Waals surface area contributed by atoms with Gasteiger partial charge >= 0.3 is 0 Å². The summed E-state index contributed by atoms with van der Waals surface area (Å²) < 4.78 is 4.63. The number of nitrogens with one attached hydrogen (secondary N) is 2. The zero-order valence-corrected chi connectivity index (χ0v) is 9.27. The van der Waals surface area contributed by atoms with E-state index in [0.717, 1.165) is 25.8 Å². The zero-order chi connectivity index (χ0) is 11.4. The molecule has 0 bridgehead atoms. The van der Waals surface area contributed by atoms with Gasteiger partial charge in [0.15, 0.2) is 5.82 Å². The molecule has 6 heteroatoms. The molecule has 16 heavy (non-hydrogen) atoms. The lowest BCUT2D eigenvalue weighted by atomic mass is 10.0. The van der Waals surface area contributed by atoms with E-state index < -0.39 is 0 Å². The van der Waals surface area contributed by atoms with Crippen molar-refractivity contribution in [3.8, 4) is 0 Å². The Morgan fingerprint density at radius 1 is 1.69 bits per heavy atom. The molecule has 1 aliphatic heterocycles. The van der Waals surface area contributed by atoms with Crippen LogP contribution < -0.4 is 10.6 Å². The molecule has 1 aliphatic rings. The summed E-state index contributed by atoms with van der Waals surface area (Å²) in [5, 5.41) is 9.75. The summed E-state index contributed by atoms with van der Waals surface area (Å²) in [6, 6.07) is -0.293. The van der Waals surface area contributed by atoms with Crippen molar-refractivity contribution in [1.29, 1.82) is 0 Å². The molecule has 1 fully saturated rings. The molecule has 0 spiro atoms. The molecule has 1 amide bonds. The number of nitrogens with zero attached hydrogens (tertiary/aromatic N) is 2. The van der Waals surface area contributed by atoms with E-state index in [2.05, 4.69) is 25.3 Å². The van der Waals surface area contributed by atoms with E-state index in [4.69, 9.17) is 0 Å². The number of piperidine rings is 1. The van der Waals surface area contributed by atoms with Gasteiger partial charge in [0, 0.05) is 0 Å². The van der Waals surface area contributed by atoms with E-state index in [1.54, 1.807) is 0 Å². The van der Waals surface area contributed by atoms with E-state index in [0.29, 0.717) is 5.82 Å². The standard InChI is InChI=1S/C10H16N4O2/c1-7(9-12-6-16-14-9)13-10(15)8-4-2-3-5-11-8/h6-8,11H,2-5H2,1H3,(H,13,15). The lowest BCUT2D eigenvalue weighted by Gasteiger charge is -2.23. The van der Waals surface area contributed by atoms with Gasteiger partial charge in [0.1, 0.15) is 0 Å². The topological polar surface area (TPSA) is 80.0 Å². The number of amides is 1. The molecular formula is C10H16N4O2. The molecule has 0 radical (unpaired) electrons. The van der Waals surface area contributed by atoms with E-state index >= 15 is 0 Å². The fourth-order valence-corrected chi connectivity index (χ4v) is 1.82. The predicted octanol–water partition coefficient (Wildman–Crippen LogP) is 0.389. The van der Waals surface area contributed by atoms with Crippen molar-refractivity contribution < 1.29 is 9.32 Å². The number of rotatable bonds is 3. The third-order valence-corrected chi connectivity index (χ3v) is 2.75. The summed E-state index contributed by atoms with van der Waals surface area (Å²) in [5.41, 5.74) is 0. The highest BCUT2D eigenvalue weighted by molar-refractivity contribution is 5.82. The van der Waals surface area contributed by atoms with Gasteiger partial charge in [-0.1, -0.05) is 11.6 Å². The lowest BCUT2D eigenvalue weighted by molar-refractivity contribution is -0.124. The first-order chi connectivity index (χ1) is 7.77. The molecule has 0 aliphatic carbocycles. The van der Waals surface area contributed by atoms with Crippen molar-refractivity contribution in [2.24, 2.45) is 0 Å². The molecule has 2 heterocycles. The maximum absolute atomic E-state index is 11.8. The minimum absolute atomic E-state index is 0.0111. The summed E-state index contributed by atoms with van der Waals surface area (Å²) >= 11 is 0. The van der Waals surface area contributed by atoms with Crippen LogP contribution in [0.3, 0.4) is 0 Å². The fraction of sp³-hybridized carbons (Fsp3) is 0.700. The summed E-state index contributed by atoms with van der Waals surface area (Å²) in [4.78, 5) is 15.7. The summed E-state index contributed by atoms with van der Waals surface area (Å²) in [5.74, 6) is 0.515. The van der Waals surface area contributed by atoms with Crippen LogP contribution in [-0.2, 0) is 4.79 Å². The molecule has 2 rings (SSSR count). The van der Waals surface area contributed by atoms with Gasteiger partial charge in [0.25, 0.3) is 0 Å². The van der Waals surface area contributed by atoms with Crippen LogP contribution in [0.4, 0.5) is 0 Å². The molecule has 0 aromatic carbocycles. The molecule has 1 aromatic rings. The average Bonchev–Trinajstić information content (AvgIpc) is 2.83. The highest BCUT2D eigenvalue weighted by Gasteiger charge is 2.23. The largest absolute Gasteiger partial charge is 0.345 e. The number of hydrogen-bond donors (Lipinski definition) is 2. The molecule has 1 aromatic heterocycles. The number of aromatic nitrogens is 2. The van der Waals surface area contributed by atoms with Crippen LogP contribution in [0.2, 0.25) is 0 Å². The van der Waals surface area contributed by atoms with E-state index in [1.165, 1.54) is 6.39 Å². The second-order valence-corrected chi connectivity index (χ2v) is 4.02. The van der Waals surface area contributed by atoms with Crippen LogP contribution in [0.5, 0.6) is 0 Å². The van der Waals surface area contributed by atoms with Crippen LogP contribution in [-0.4, -0.2) is 28.6 Å². The van der Waals surface area contributed by atoms with Crippen molar-refractivity contribution in [2.45, 2.75) is 38.3 Å². The van der Waals surface area contributed by atoms with Crippen molar-refractivity contribution in [3.05, 3.63) is 12.2 Å². The smallest absolute Gasteiger partial charge is 0.237 e. The zero-order valence-electron chi connectivity index (χ0n) is 9.27. The Balaban J connectivity index is 1.86. The summed E-state index contributed by atoms with van der Waals surface area (Å²) in [6.45, 7) is 2.75. The molecule has 1 saturated heterocycles. The van der Waals surface area contributed by atoms with E-state index in [-0.39, 0.29) is 18.0 Å². The molecule has 6 nitrogen and oxygen atoms in total. The maximum atomic E-state index is 11.8. The number of carbonyl (C=O) groups excluding carboxylic acids is 1. The quantitative estimate of drug-likeness (QED) is 0.776. The van der Waals surface area contributed by atoms with Crippen LogP contribution in [0, 0.1) is 0 Å². The molecule has 0 saturated carbocycles. The van der Waals surface area contributed by atoms with Gasteiger partial charge in [0.05, 0.1) is 12.1 Å². The lowest BCUT2D eigenvalue weighted by Crippen LogP contribution is -2.47. The first kappa shape index (κ1) is 11.1. The molecular weight excluding hydrogens is 208 g/mol. The summed E-state index contributed by atoms with van der Waals surface area (Å²) in [6.07, 6.45) is 4.40. The maximum Gasteiger partial charge on any atom is 0.237 e. The Morgan fingerprint density at radius 2 is 2.56 bits per heavy atom. The fourth-order valence-electron chi connectivity index (χ4n) is 1.82. The highest BCUT2D eigenvalue weighted by Crippen LogP contribution is 2.10. The first-order valence-electron chi connectivity index (χ1n) is 5.57. The third-order valence-electron chi connectivity index (χ3n) is 2.75. The number of carbonyl (C=O) groups is 1. The van der Waals surface area contributed by atoms with E-state index in [9.17, 15) is 4.79 Å². The van der Waals surface area contributed by atoms with Gasteiger partial charge in [0.2, 0.25) is 12.3 Å². The summed E-state index contributed by atoms with van der Waals surface area (Å²) in [7, 11) is 0. The van der Waals surface area contributed by atoms with E-state index in [1.807, 2.05) is 6.92 Å². The van der Waals surface area contributed by atoms with Crippen molar-refractivity contribution >= 4 is 5.91 Å². The van der Waals surface area contributed by atoms with Crippen LogP contribution >= 0.6 is 0 Å². The predicted molar refractivity (Wildman–Crippen MR) is 56.5 cm³/mol. The Kier molecular flexibility index (Phi) is 3.51. The monoisotopic (exact) mass is 224 g/mol. The second kappa shape index (κ2) is 5.07. The Bertz CT molecular complexity index is 333. The Hall–Kier alpha value is -1.43. The minimum Gasteiger partial charge on any atom is -0.345 e. The van der Waals surface area contributed by atoms with Crippen molar-refractivity contribution in [3.63, 3.8) is 0 Å². The van der Waals surface area contributed by atoms with Gasteiger partial charge in [-0.2, -0.15) is 4.98 Å². The molecule has 88 valence electrons. The molecule has 2 atom stereocenters. The Labute approximate surface area is 93.8 Å². The second-order valence-electron chi connectivity index (χ2n) is 4.02. The van der Waals surface area contributed by atoms with Gasteiger partial charge in [-0.3, -0.25) is 4.79 Å². The van der Waals surface area contributed by atoms with Crippen LogP contribution in [0.25, 0.3) is 0 Å². The average molecular weight is 224 g/mol. The minimum atomic E-state index is -0.213. The van der Waals surface area contributed by atoms with Gasteiger partial charge in [-0.25, -0.2) is 0 Å². The van der Waals surface area contributed by atoms with Gasteiger partial charge < -0.3 is 15.2 Å². The van der Waals surface area contributed by atoms with Crippen LogP contribution in [0.15, 0.2) is 10.9 Å².